The number of ketones is 1. The second-order valence-electron chi connectivity index (χ2n) is 3.29. The number of Topliss-reactive ketones (excluding diaryl/α,β-unsaturated/α-hetero) is 1. The second kappa shape index (κ2) is 2.87. The average molecular weight is 175 g/mol. The molecule has 0 spiro atoms. The molecule has 2 heteroatoms. The van der Waals surface area contributed by atoms with Gasteiger partial charge in [-0.2, -0.15) is 0 Å². The number of hydrogen-bond acceptors (Lipinski definition) is 2. The van der Waals surface area contributed by atoms with E-state index in [9.17, 15) is 4.79 Å². The van der Waals surface area contributed by atoms with Crippen LogP contribution in [0.15, 0.2) is 18.2 Å². The Bertz CT molecular complexity index is 355. The molecule has 2 nitrogen and oxygen atoms in total. The smallest absolute Gasteiger partial charge is 0.166 e. The predicted molar refractivity (Wildman–Crippen MR) is 49.9 cm³/mol. The summed E-state index contributed by atoms with van der Waals surface area (Å²) in [5.74, 6) is 0.848. The van der Waals surface area contributed by atoms with Crippen molar-refractivity contribution in [2.75, 3.05) is 7.11 Å². The lowest BCUT2D eigenvalue weighted by Crippen LogP contribution is -2.03. The third kappa shape index (κ3) is 1.22. The van der Waals surface area contributed by atoms with Gasteiger partial charge in [0, 0.05) is 11.5 Å². The van der Waals surface area contributed by atoms with Crippen molar-refractivity contribution in [2.24, 2.45) is 5.92 Å². The number of rotatable bonds is 1. The fraction of sp³-hybridized carbons (Fsp3) is 0.273. The van der Waals surface area contributed by atoms with Crippen LogP contribution in [0.5, 0.6) is 5.75 Å². The van der Waals surface area contributed by atoms with Crippen LogP contribution >= 0.6 is 0 Å². The Labute approximate surface area is 77.5 Å². The Kier molecular flexibility index (Phi) is 1.83. The lowest BCUT2D eigenvalue weighted by atomic mass is 10.1. The molecule has 1 aliphatic rings. The van der Waals surface area contributed by atoms with Crippen LogP contribution in [0, 0.1) is 12.8 Å². The summed E-state index contributed by atoms with van der Waals surface area (Å²) in [5, 5.41) is 0. The van der Waals surface area contributed by atoms with Crippen molar-refractivity contribution in [1.82, 2.24) is 0 Å². The molecule has 0 aromatic heterocycles. The molecule has 2 rings (SSSR count). The maximum atomic E-state index is 11.5. The Hall–Kier alpha value is -1.31. The van der Waals surface area contributed by atoms with E-state index in [1.165, 1.54) is 0 Å². The summed E-state index contributed by atoms with van der Waals surface area (Å²) < 4.78 is 5.08. The van der Waals surface area contributed by atoms with E-state index in [0.29, 0.717) is 0 Å². The van der Waals surface area contributed by atoms with E-state index in [4.69, 9.17) is 4.74 Å². The quantitative estimate of drug-likeness (QED) is 0.651. The molecule has 0 saturated carbocycles. The summed E-state index contributed by atoms with van der Waals surface area (Å²) >= 11 is 0. The third-order valence-electron chi connectivity index (χ3n) is 2.41. The number of ether oxygens (including phenoxy) is 1. The highest BCUT2D eigenvalue weighted by atomic mass is 16.5. The largest absolute Gasteiger partial charge is 0.497 e. The first-order valence-electron chi connectivity index (χ1n) is 4.26. The number of benzene rings is 1. The molecular weight excluding hydrogens is 164 g/mol. The molecule has 0 saturated heterocycles. The summed E-state index contributed by atoms with van der Waals surface area (Å²) in [6.07, 6.45) is 0.741. The third-order valence-corrected chi connectivity index (χ3v) is 2.41. The van der Waals surface area contributed by atoms with E-state index in [1.54, 1.807) is 7.11 Å². The predicted octanol–water partition coefficient (Wildman–Crippen LogP) is 1.88. The fourth-order valence-corrected chi connectivity index (χ4v) is 1.68. The van der Waals surface area contributed by atoms with Crippen LogP contribution in [-0.2, 0) is 6.42 Å². The minimum absolute atomic E-state index is 0.109. The van der Waals surface area contributed by atoms with Crippen LogP contribution in [0.25, 0.3) is 0 Å². The van der Waals surface area contributed by atoms with E-state index in [2.05, 4.69) is 6.92 Å². The summed E-state index contributed by atoms with van der Waals surface area (Å²) in [6.45, 7) is 3.80. The van der Waals surface area contributed by atoms with Crippen LogP contribution in [0.1, 0.15) is 15.9 Å². The Morgan fingerprint density at radius 3 is 3.00 bits per heavy atom. The molecule has 1 aromatic rings. The number of fused-ring (bicyclic) bond motifs is 1. The highest BCUT2D eigenvalue weighted by Gasteiger charge is 2.26. The number of carbonyl (C=O) groups is 1. The molecule has 1 aromatic carbocycles. The molecule has 0 amide bonds. The van der Waals surface area contributed by atoms with Gasteiger partial charge in [0.2, 0.25) is 0 Å². The van der Waals surface area contributed by atoms with Crippen LogP contribution < -0.4 is 4.74 Å². The number of carbonyl (C=O) groups excluding carboxylic acids is 1. The number of hydrogen-bond donors (Lipinski definition) is 0. The lowest BCUT2D eigenvalue weighted by molar-refractivity contribution is 0.0959. The van der Waals surface area contributed by atoms with Gasteiger partial charge in [-0.25, -0.2) is 0 Å². The molecule has 0 fully saturated rings. The Balaban J connectivity index is 2.46. The van der Waals surface area contributed by atoms with Crippen LogP contribution in [0.3, 0.4) is 0 Å². The first kappa shape index (κ1) is 8.30. The van der Waals surface area contributed by atoms with Crippen LogP contribution in [-0.4, -0.2) is 12.9 Å². The van der Waals surface area contributed by atoms with Crippen molar-refractivity contribution in [3.63, 3.8) is 0 Å². The van der Waals surface area contributed by atoms with Gasteiger partial charge in [-0.3, -0.25) is 4.79 Å². The van der Waals surface area contributed by atoms with Crippen LogP contribution in [0.4, 0.5) is 0 Å². The molecule has 1 radical (unpaired) electrons. The maximum Gasteiger partial charge on any atom is 0.166 e. The van der Waals surface area contributed by atoms with E-state index >= 15 is 0 Å². The van der Waals surface area contributed by atoms with Gasteiger partial charge in [-0.15, -0.1) is 0 Å². The lowest BCUT2D eigenvalue weighted by Gasteiger charge is -2.01. The van der Waals surface area contributed by atoms with Crippen molar-refractivity contribution in [1.29, 1.82) is 0 Å². The standard InChI is InChI=1S/C11H11O2/c1-7-5-8-6-9(13-2)3-4-10(8)11(7)12/h3-4,6-7H,1,5H2,2H3. The SMILES string of the molecule is [CH2]C1Cc2cc(OC)ccc2C1=O. The zero-order valence-corrected chi connectivity index (χ0v) is 7.54. The van der Waals surface area contributed by atoms with E-state index in [1.807, 2.05) is 18.2 Å². The van der Waals surface area contributed by atoms with Gasteiger partial charge in [0.05, 0.1) is 7.11 Å². The van der Waals surface area contributed by atoms with Gasteiger partial charge >= 0.3 is 0 Å². The molecule has 0 aliphatic heterocycles. The molecule has 13 heavy (non-hydrogen) atoms. The van der Waals surface area contributed by atoms with Crippen molar-refractivity contribution >= 4 is 5.78 Å². The number of methoxy groups -OCH3 is 1. The summed E-state index contributed by atoms with van der Waals surface area (Å²) in [4.78, 5) is 11.5. The molecular formula is C11H11O2. The van der Waals surface area contributed by atoms with Crippen molar-refractivity contribution in [3.8, 4) is 5.75 Å². The summed E-state index contributed by atoms with van der Waals surface area (Å²) in [5.41, 5.74) is 1.87. The molecule has 0 bridgehead atoms. The zero-order valence-electron chi connectivity index (χ0n) is 7.54. The Morgan fingerprint density at radius 2 is 2.31 bits per heavy atom. The van der Waals surface area contributed by atoms with E-state index in [0.717, 1.165) is 23.3 Å². The molecule has 1 atom stereocenters. The molecule has 0 N–H and O–H groups in total. The van der Waals surface area contributed by atoms with Gasteiger partial charge in [-0.05, 0) is 37.1 Å². The van der Waals surface area contributed by atoms with Gasteiger partial charge in [0.25, 0.3) is 0 Å². The normalized spacial score (nSPS) is 20.2. The molecule has 1 unspecified atom stereocenters. The topological polar surface area (TPSA) is 26.3 Å². The minimum atomic E-state index is -0.109. The first-order chi connectivity index (χ1) is 6.22. The highest BCUT2D eigenvalue weighted by molar-refractivity contribution is 6.02. The summed E-state index contributed by atoms with van der Waals surface area (Å²) in [6, 6.07) is 5.55. The highest BCUT2D eigenvalue weighted by Crippen LogP contribution is 2.29. The van der Waals surface area contributed by atoms with Crippen LogP contribution in [0.2, 0.25) is 0 Å². The maximum absolute atomic E-state index is 11.5. The first-order valence-corrected chi connectivity index (χ1v) is 4.26. The average Bonchev–Trinajstić information content (AvgIpc) is 2.42. The van der Waals surface area contributed by atoms with E-state index < -0.39 is 0 Å². The van der Waals surface area contributed by atoms with E-state index in [-0.39, 0.29) is 11.7 Å². The van der Waals surface area contributed by atoms with Crippen molar-refractivity contribution in [3.05, 3.63) is 36.2 Å². The van der Waals surface area contributed by atoms with Gasteiger partial charge < -0.3 is 4.74 Å². The van der Waals surface area contributed by atoms with Gasteiger partial charge in [0.1, 0.15) is 5.75 Å². The molecule has 0 heterocycles. The molecule has 67 valence electrons. The zero-order chi connectivity index (χ0) is 9.42. The van der Waals surface area contributed by atoms with Gasteiger partial charge in [0.15, 0.2) is 5.78 Å². The Morgan fingerprint density at radius 1 is 1.54 bits per heavy atom. The second-order valence-corrected chi connectivity index (χ2v) is 3.29. The summed E-state index contributed by atoms with van der Waals surface area (Å²) in [7, 11) is 1.63. The molecule has 1 aliphatic carbocycles. The van der Waals surface area contributed by atoms with Crippen molar-refractivity contribution < 1.29 is 9.53 Å². The monoisotopic (exact) mass is 175 g/mol. The minimum Gasteiger partial charge on any atom is -0.497 e. The fourth-order valence-electron chi connectivity index (χ4n) is 1.68. The van der Waals surface area contributed by atoms with Gasteiger partial charge in [-0.1, -0.05) is 0 Å². The van der Waals surface area contributed by atoms with Crippen molar-refractivity contribution in [2.45, 2.75) is 6.42 Å².